The molecule has 8 heteroatoms. The van der Waals surface area contributed by atoms with E-state index in [0.717, 1.165) is 41.7 Å². The summed E-state index contributed by atoms with van der Waals surface area (Å²) < 4.78 is 13.9. The lowest BCUT2D eigenvalue weighted by Crippen LogP contribution is -2.13. The second-order valence-electron chi connectivity index (χ2n) is 9.40. The van der Waals surface area contributed by atoms with Crippen LogP contribution < -0.4 is 9.47 Å². The monoisotopic (exact) mass is 510 g/mol. The van der Waals surface area contributed by atoms with Crippen LogP contribution in [0.3, 0.4) is 0 Å². The SMILES string of the molecule is CCC(C)c1cccc(-c2nc3c(OC4(C)CC4)ncnc3n2Cc2cc(Cl)ccc2OC)c1Cl. The van der Waals surface area contributed by atoms with Crippen LogP contribution in [0.1, 0.15) is 57.1 Å². The fourth-order valence-electron chi connectivity index (χ4n) is 4.22. The van der Waals surface area contributed by atoms with Gasteiger partial charge in [-0.05, 0) is 61.9 Å². The number of rotatable bonds is 8. The molecule has 182 valence electrons. The molecule has 1 aliphatic carbocycles. The fourth-order valence-corrected chi connectivity index (χ4v) is 4.81. The van der Waals surface area contributed by atoms with Gasteiger partial charge in [-0.25, -0.2) is 9.97 Å². The fraction of sp³-hybridized carbons (Fsp3) is 0.370. The van der Waals surface area contributed by atoms with Crippen LogP contribution in [0.5, 0.6) is 11.6 Å². The first-order chi connectivity index (χ1) is 16.8. The molecule has 0 N–H and O–H groups in total. The first-order valence-corrected chi connectivity index (χ1v) is 12.6. The van der Waals surface area contributed by atoms with E-state index in [2.05, 4.69) is 36.8 Å². The second kappa shape index (κ2) is 9.32. The van der Waals surface area contributed by atoms with Gasteiger partial charge in [0.1, 0.15) is 23.5 Å². The molecule has 35 heavy (non-hydrogen) atoms. The summed E-state index contributed by atoms with van der Waals surface area (Å²) in [6.07, 6.45) is 4.50. The number of methoxy groups -OCH3 is 1. The molecular weight excluding hydrogens is 483 g/mol. The number of nitrogens with zero attached hydrogens (tertiary/aromatic N) is 4. The molecule has 5 rings (SSSR count). The quantitative estimate of drug-likeness (QED) is 0.248. The van der Waals surface area contributed by atoms with Gasteiger partial charge in [-0.2, -0.15) is 4.98 Å². The van der Waals surface area contributed by atoms with E-state index in [0.29, 0.717) is 45.4 Å². The van der Waals surface area contributed by atoms with E-state index in [1.165, 1.54) is 6.33 Å². The Balaban J connectivity index is 1.73. The van der Waals surface area contributed by atoms with Crippen LogP contribution in [0.15, 0.2) is 42.7 Å². The second-order valence-corrected chi connectivity index (χ2v) is 10.2. The normalized spacial score (nSPS) is 15.3. The van der Waals surface area contributed by atoms with Crippen LogP contribution in [-0.2, 0) is 6.54 Å². The Morgan fingerprint density at radius 2 is 1.94 bits per heavy atom. The largest absolute Gasteiger partial charge is 0.496 e. The smallest absolute Gasteiger partial charge is 0.245 e. The highest BCUT2D eigenvalue weighted by Crippen LogP contribution is 2.42. The Bertz CT molecular complexity index is 1400. The topological polar surface area (TPSA) is 62.1 Å². The van der Waals surface area contributed by atoms with Crippen LogP contribution in [0.2, 0.25) is 10.0 Å². The summed E-state index contributed by atoms with van der Waals surface area (Å²) in [6.45, 7) is 6.86. The molecule has 1 unspecified atom stereocenters. The number of fused-ring (bicyclic) bond motifs is 1. The first-order valence-electron chi connectivity index (χ1n) is 11.8. The number of hydrogen-bond donors (Lipinski definition) is 0. The van der Waals surface area contributed by atoms with Gasteiger partial charge in [0.25, 0.3) is 0 Å². The van der Waals surface area contributed by atoms with Gasteiger partial charge in [-0.3, -0.25) is 0 Å². The van der Waals surface area contributed by atoms with Gasteiger partial charge in [-0.1, -0.05) is 49.2 Å². The number of aromatic nitrogens is 4. The van der Waals surface area contributed by atoms with Crippen molar-refractivity contribution in [2.45, 2.75) is 58.1 Å². The van der Waals surface area contributed by atoms with E-state index in [1.807, 2.05) is 34.9 Å². The number of halogens is 2. The highest BCUT2D eigenvalue weighted by molar-refractivity contribution is 6.34. The van der Waals surface area contributed by atoms with Crippen molar-refractivity contribution in [2.75, 3.05) is 7.11 Å². The molecule has 4 aromatic rings. The average Bonchev–Trinajstić information content (AvgIpc) is 3.47. The molecule has 0 saturated heterocycles. The minimum absolute atomic E-state index is 0.199. The zero-order chi connectivity index (χ0) is 24.7. The van der Waals surface area contributed by atoms with Gasteiger partial charge < -0.3 is 14.0 Å². The van der Waals surface area contributed by atoms with E-state index in [4.69, 9.17) is 37.7 Å². The van der Waals surface area contributed by atoms with Crippen molar-refractivity contribution in [3.05, 3.63) is 63.9 Å². The Morgan fingerprint density at radius 1 is 1.14 bits per heavy atom. The lowest BCUT2D eigenvalue weighted by Gasteiger charge is -2.16. The van der Waals surface area contributed by atoms with Gasteiger partial charge in [0.2, 0.25) is 5.88 Å². The van der Waals surface area contributed by atoms with E-state index < -0.39 is 0 Å². The molecule has 1 fully saturated rings. The third-order valence-electron chi connectivity index (χ3n) is 6.78. The maximum Gasteiger partial charge on any atom is 0.245 e. The predicted octanol–water partition coefficient (Wildman–Crippen LogP) is 7.30. The van der Waals surface area contributed by atoms with Crippen molar-refractivity contribution in [2.24, 2.45) is 0 Å². The van der Waals surface area contributed by atoms with E-state index in [1.54, 1.807) is 7.11 Å². The molecular formula is C27H28Cl2N4O2. The molecule has 2 aromatic heterocycles. The maximum absolute atomic E-state index is 6.99. The summed E-state index contributed by atoms with van der Waals surface area (Å²) >= 11 is 13.3. The maximum atomic E-state index is 6.99. The van der Waals surface area contributed by atoms with Crippen LogP contribution in [-0.4, -0.2) is 32.2 Å². The molecule has 6 nitrogen and oxygen atoms in total. The summed E-state index contributed by atoms with van der Waals surface area (Å²) in [5.41, 5.74) is 3.92. The van der Waals surface area contributed by atoms with Gasteiger partial charge in [0, 0.05) is 16.1 Å². The zero-order valence-corrected chi connectivity index (χ0v) is 21.8. The third kappa shape index (κ3) is 4.57. The molecule has 1 atom stereocenters. The summed E-state index contributed by atoms with van der Waals surface area (Å²) in [7, 11) is 1.65. The summed E-state index contributed by atoms with van der Waals surface area (Å²) in [5.74, 6) is 2.24. The molecule has 0 amide bonds. The highest BCUT2D eigenvalue weighted by Gasteiger charge is 2.41. The minimum Gasteiger partial charge on any atom is -0.496 e. The molecule has 2 heterocycles. The minimum atomic E-state index is -0.199. The Labute approximate surface area is 215 Å². The van der Waals surface area contributed by atoms with E-state index >= 15 is 0 Å². The van der Waals surface area contributed by atoms with Gasteiger partial charge in [0.15, 0.2) is 11.2 Å². The lowest BCUT2D eigenvalue weighted by atomic mass is 9.96. The van der Waals surface area contributed by atoms with Crippen LogP contribution in [0.25, 0.3) is 22.6 Å². The molecule has 0 radical (unpaired) electrons. The Kier molecular flexibility index (Phi) is 6.36. The van der Waals surface area contributed by atoms with Crippen LogP contribution >= 0.6 is 23.2 Å². The summed E-state index contributed by atoms with van der Waals surface area (Å²) in [4.78, 5) is 14.0. The van der Waals surface area contributed by atoms with Crippen molar-refractivity contribution < 1.29 is 9.47 Å². The van der Waals surface area contributed by atoms with Crippen molar-refractivity contribution in [3.8, 4) is 23.0 Å². The molecule has 0 aliphatic heterocycles. The zero-order valence-electron chi connectivity index (χ0n) is 20.3. The Morgan fingerprint density at radius 3 is 2.66 bits per heavy atom. The highest BCUT2D eigenvalue weighted by atomic mass is 35.5. The van der Waals surface area contributed by atoms with Crippen molar-refractivity contribution >= 4 is 34.4 Å². The van der Waals surface area contributed by atoms with Crippen molar-refractivity contribution in [1.82, 2.24) is 19.5 Å². The molecule has 0 spiro atoms. The molecule has 0 bridgehead atoms. The summed E-state index contributed by atoms with van der Waals surface area (Å²) in [6, 6.07) is 11.7. The average molecular weight is 511 g/mol. The molecule has 1 saturated carbocycles. The standard InChI is InChI=1S/C27H28Cl2N4O2/c1-5-16(2)19-7-6-8-20(22(19)29)24-32-23-25(30-15-31-26(23)35-27(3)11-12-27)33(24)14-17-13-18(28)9-10-21(17)34-4/h6-10,13,15-16H,5,11-12,14H2,1-4H3. The lowest BCUT2D eigenvalue weighted by molar-refractivity contribution is 0.194. The van der Waals surface area contributed by atoms with Crippen molar-refractivity contribution in [1.29, 1.82) is 0 Å². The predicted molar refractivity (Wildman–Crippen MR) is 140 cm³/mol. The first kappa shape index (κ1) is 23.9. The van der Waals surface area contributed by atoms with Gasteiger partial charge in [-0.15, -0.1) is 0 Å². The van der Waals surface area contributed by atoms with Crippen LogP contribution in [0, 0.1) is 0 Å². The van der Waals surface area contributed by atoms with Crippen LogP contribution in [0.4, 0.5) is 0 Å². The molecule has 2 aromatic carbocycles. The van der Waals surface area contributed by atoms with Crippen molar-refractivity contribution in [3.63, 3.8) is 0 Å². The third-order valence-corrected chi connectivity index (χ3v) is 7.44. The summed E-state index contributed by atoms with van der Waals surface area (Å²) in [5, 5.41) is 1.32. The number of ether oxygens (including phenoxy) is 2. The van der Waals surface area contributed by atoms with E-state index in [9.17, 15) is 0 Å². The number of imidazole rings is 1. The number of hydrogen-bond acceptors (Lipinski definition) is 5. The molecule has 1 aliphatic rings. The Hall–Kier alpha value is -2.83. The van der Waals surface area contributed by atoms with E-state index in [-0.39, 0.29) is 5.60 Å². The van der Waals surface area contributed by atoms with Gasteiger partial charge in [0.05, 0.1) is 18.7 Å². The van der Waals surface area contributed by atoms with Gasteiger partial charge >= 0.3 is 0 Å². The number of benzene rings is 2.